The average Bonchev–Trinajstić information content (AvgIpc) is 3.06. The van der Waals surface area contributed by atoms with Gasteiger partial charge >= 0.3 is 0 Å². The van der Waals surface area contributed by atoms with Crippen molar-refractivity contribution in [2.45, 2.75) is 31.4 Å². The van der Waals surface area contributed by atoms with Gasteiger partial charge in [0.1, 0.15) is 10.7 Å². The van der Waals surface area contributed by atoms with Crippen LogP contribution in [0, 0.1) is 20.8 Å². The number of rotatable bonds is 5. The van der Waals surface area contributed by atoms with Crippen molar-refractivity contribution in [3.63, 3.8) is 0 Å². The van der Waals surface area contributed by atoms with Gasteiger partial charge in [-0.3, -0.25) is 14.6 Å². The molecule has 0 bridgehead atoms. The van der Waals surface area contributed by atoms with Crippen molar-refractivity contribution in [2.24, 2.45) is 0 Å². The third-order valence-electron chi connectivity index (χ3n) is 4.68. The maximum Gasteiger partial charge on any atom is 0.266 e. The number of aromatic amines is 1. The molecule has 3 heterocycles. The molecule has 0 aliphatic heterocycles. The summed E-state index contributed by atoms with van der Waals surface area (Å²) in [6.07, 6.45) is 3.22. The van der Waals surface area contributed by atoms with Gasteiger partial charge in [-0.1, -0.05) is 17.7 Å². The number of H-pyrrole nitrogens is 1. The molecule has 1 amide bonds. The molecule has 4 aromatic rings. The topological polar surface area (TPSA) is 87.7 Å². The van der Waals surface area contributed by atoms with Crippen molar-refractivity contribution in [3.8, 4) is 0 Å². The van der Waals surface area contributed by atoms with Crippen molar-refractivity contribution in [3.05, 3.63) is 80.5 Å². The Balaban J connectivity index is 1.61. The maximum absolute atomic E-state index is 12.7. The van der Waals surface area contributed by atoms with Crippen LogP contribution in [0.3, 0.4) is 0 Å². The zero-order chi connectivity index (χ0) is 21.3. The summed E-state index contributed by atoms with van der Waals surface area (Å²) in [6, 6.07) is 9.82. The number of carbonyl (C=O) groups is 1. The Morgan fingerprint density at radius 3 is 2.83 bits per heavy atom. The van der Waals surface area contributed by atoms with Gasteiger partial charge in [-0.05, 0) is 50.1 Å². The molecule has 2 N–H and O–H groups in total. The molecule has 152 valence electrons. The number of carbonyl (C=O) groups excluding carboxylic acids is 1. The van der Waals surface area contributed by atoms with Gasteiger partial charge in [-0.25, -0.2) is 4.98 Å². The molecule has 0 saturated heterocycles. The molecule has 1 aromatic carbocycles. The molecule has 0 atom stereocenters. The third-order valence-corrected chi connectivity index (χ3v) is 7.04. The zero-order valence-electron chi connectivity index (χ0n) is 16.8. The normalized spacial score (nSPS) is 11.0. The zero-order valence-corrected chi connectivity index (χ0v) is 18.4. The highest BCUT2D eigenvalue weighted by Crippen LogP contribution is 2.30. The fraction of sp³-hybridized carbons (Fsp3) is 0.182. The number of thiophene rings is 1. The Hall–Kier alpha value is -2.97. The summed E-state index contributed by atoms with van der Waals surface area (Å²) in [4.78, 5) is 39.1. The third kappa shape index (κ3) is 4.15. The number of thioether (sulfide) groups is 1. The molecule has 0 radical (unpaired) electrons. The quantitative estimate of drug-likeness (QED) is 0.437. The second-order valence-electron chi connectivity index (χ2n) is 7.00. The first-order valence-corrected chi connectivity index (χ1v) is 11.2. The van der Waals surface area contributed by atoms with Crippen LogP contribution in [0.1, 0.15) is 32.2 Å². The summed E-state index contributed by atoms with van der Waals surface area (Å²) in [5.41, 5.74) is 3.41. The summed E-state index contributed by atoms with van der Waals surface area (Å²) < 4.78 is 0. The summed E-state index contributed by atoms with van der Waals surface area (Å²) in [6.45, 7) is 5.90. The minimum atomic E-state index is -0.269. The number of aromatic nitrogens is 3. The second kappa shape index (κ2) is 8.41. The van der Waals surface area contributed by atoms with Crippen LogP contribution in [0.25, 0.3) is 10.2 Å². The van der Waals surface area contributed by atoms with Crippen molar-refractivity contribution in [1.82, 2.24) is 15.0 Å². The van der Waals surface area contributed by atoms with Gasteiger partial charge in [-0.2, -0.15) is 0 Å². The lowest BCUT2D eigenvalue weighted by atomic mass is 10.2. The first-order valence-electron chi connectivity index (χ1n) is 9.36. The van der Waals surface area contributed by atoms with E-state index in [0.717, 1.165) is 4.90 Å². The minimum absolute atomic E-state index is 0.217. The molecular formula is C22H20N4O2S2. The highest BCUT2D eigenvalue weighted by atomic mass is 32.2. The molecule has 4 rings (SSSR count). The molecule has 3 aromatic heterocycles. The highest BCUT2D eigenvalue weighted by Gasteiger charge is 2.19. The van der Waals surface area contributed by atoms with Crippen LogP contribution >= 0.6 is 23.1 Å². The number of pyridine rings is 1. The highest BCUT2D eigenvalue weighted by molar-refractivity contribution is 7.98. The van der Waals surface area contributed by atoms with Crippen LogP contribution in [0.5, 0.6) is 0 Å². The van der Waals surface area contributed by atoms with E-state index in [2.05, 4.69) is 52.3 Å². The molecule has 30 heavy (non-hydrogen) atoms. The van der Waals surface area contributed by atoms with Gasteiger partial charge in [-0.15, -0.1) is 23.1 Å². The standard InChI is InChI=1S/C22H20N4O2S2/c1-12-6-7-13(2)16(9-12)29-11-17-25-20(27)18-14(3)19(30-22(18)26-17)21(28)24-15-5-4-8-23-10-15/h4-10H,11H2,1-3H3,(H,24,28)(H,25,26,27). The largest absolute Gasteiger partial charge is 0.320 e. The molecule has 0 saturated carbocycles. The van der Waals surface area contributed by atoms with Gasteiger partial charge in [0.05, 0.1) is 27.9 Å². The molecule has 0 unspecified atom stereocenters. The summed E-state index contributed by atoms with van der Waals surface area (Å²) in [5, 5.41) is 3.29. The monoisotopic (exact) mass is 436 g/mol. The first kappa shape index (κ1) is 20.3. The average molecular weight is 437 g/mol. The number of anilines is 1. The van der Waals surface area contributed by atoms with Crippen LogP contribution in [0.15, 0.2) is 52.4 Å². The Bertz CT molecular complexity index is 1300. The number of fused-ring (bicyclic) bond motifs is 1. The van der Waals surface area contributed by atoms with Crippen molar-refractivity contribution < 1.29 is 4.79 Å². The van der Waals surface area contributed by atoms with Crippen LogP contribution in [-0.4, -0.2) is 20.9 Å². The van der Waals surface area contributed by atoms with E-state index in [4.69, 9.17) is 0 Å². The molecule has 0 aliphatic rings. The predicted molar refractivity (Wildman–Crippen MR) is 123 cm³/mol. The first-order chi connectivity index (χ1) is 14.4. The number of benzene rings is 1. The molecule has 0 fully saturated rings. The number of amides is 1. The Morgan fingerprint density at radius 1 is 1.23 bits per heavy atom. The number of hydrogen-bond acceptors (Lipinski definition) is 6. The molecule has 0 spiro atoms. The van der Waals surface area contributed by atoms with Gasteiger partial charge in [0, 0.05) is 11.1 Å². The second-order valence-corrected chi connectivity index (χ2v) is 9.02. The van der Waals surface area contributed by atoms with E-state index < -0.39 is 0 Å². The lowest BCUT2D eigenvalue weighted by Gasteiger charge is -2.06. The summed E-state index contributed by atoms with van der Waals surface area (Å²) >= 11 is 2.87. The lowest BCUT2D eigenvalue weighted by Crippen LogP contribution is -2.13. The fourth-order valence-corrected chi connectivity index (χ4v) is 5.20. The maximum atomic E-state index is 12.7. The van der Waals surface area contributed by atoms with Gasteiger partial charge in [0.2, 0.25) is 0 Å². The van der Waals surface area contributed by atoms with Crippen molar-refractivity contribution in [1.29, 1.82) is 0 Å². The predicted octanol–water partition coefficient (Wildman–Crippen LogP) is 4.85. The lowest BCUT2D eigenvalue weighted by molar-refractivity contribution is 0.103. The van der Waals surface area contributed by atoms with Crippen molar-refractivity contribution >= 4 is 44.9 Å². The Kier molecular flexibility index (Phi) is 5.69. The van der Waals surface area contributed by atoms with E-state index in [-0.39, 0.29) is 11.5 Å². The van der Waals surface area contributed by atoms with Crippen LogP contribution in [0.4, 0.5) is 5.69 Å². The van der Waals surface area contributed by atoms with Crippen LogP contribution in [-0.2, 0) is 5.75 Å². The SMILES string of the molecule is Cc1ccc(C)c(SCc2nc3sc(C(=O)Nc4cccnc4)c(C)c3c(=O)[nH]2)c1. The summed E-state index contributed by atoms with van der Waals surface area (Å²) in [5.74, 6) is 0.872. The number of hydrogen-bond donors (Lipinski definition) is 2. The summed E-state index contributed by atoms with van der Waals surface area (Å²) in [7, 11) is 0. The molecule has 6 nitrogen and oxygen atoms in total. The molecule has 8 heteroatoms. The van der Waals surface area contributed by atoms with E-state index in [1.807, 2.05) is 0 Å². The van der Waals surface area contributed by atoms with Crippen molar-refractivity contribution in [2.75, 3.05) is 5.32 Å². The minimum Gasteiger partial charge on any atom is -0.320 e. The smallest absolute Gasteiger partial charge is 0.266 e. The van der Waals surface area contributed by atoms with Gasteiger partial charge < -0.3 is 10.3 Å². The Labute approximate surface area is 181 Å². The van der Waals surface area contributed by atoms with Crippen LogP contribution in [0.2, 0.25) is 0 Å². The van der Waals surface area contributed by atoms with E-state index in [1.54, 1.807) is 43.2 Å². The Morgan fingerprint density at radius 2 is 2.07 bits per heavy atom. The van der Waals surface area contributed by atoms with Crippen LogP contribution < -0.4 is 10.9 Å². The molecular weight excluding hydrogens is 416 g/mol. The number of nitrogens with one attached hydrogen (secondary N) is 2. The van der Waals surface area contributed by atoms with E-state index in [1.165, 1.54) is 22.5 Å². The van der Waals surface area contributed by atoms with E-state index >= 15 is 0 Å². The number of nitrogens with zero attached hydrogens (tertiary/aromatic N) is 2. The fourth-order valence-electron chi connectivity index (χ4n) is 3.11. The van der Waals surface area contributed by atoms with E-state index in [0.29, 0.717) is 37.9 Å². The number of aryl methyl sites for hydroxylation is 3. The van der Waals surface area contributed by atoms with Gasteiger partial charge in [0.25, 0.3) is 11.5 Å². The van der Waals surface area contributed by atoms with E-state index in [9.17, 15) is 9.59 Å². The van der Waals surface area contributed by atoms with Gasteiger partial charge in [0.15, 0.2) is 0 Å². The molecule has 0 aliphatic carbocycles.